The molecule has 5 heteroatoms. The number of anilines is 1. The molecule has 0 spiro atoms. The van der Waals surface area contributed by atoms with E-state index in [1.54, 1.807) is 12.3 Å². The van der Waals surface area contributed by atoms with Crippen LogP contribution in [-0.2, 0) is 4.79 Å². The van der Waals surface area contributed by atoms with Crippen LogP contribution < -0.4 is 10.6 Å². The summed E-state index contributed by atoms with van der Waals surface area (Å²) in [6.45, 7) is 2.75. The van der Waals surface area contributed by atoms with Gasteiger partial charge in [0.15, 0.2) is 0 Å². The molecule has 1 fully saturated rings. The van der Waals surface area contributed by atoms with Gasteiger partial charge >= 0.3 is 0 Å². The lowest BCUT2D eigenvalue weighted by atomic mass is 9.92. The zero-order valence-corrected chi connectivity index (χ0v) is 10.3. The Balaban J connectivity index is 2.19. The highest BCUT2D eigenvalue weighted by molar-refractivity contribution is 5.77. The van der Waals surface area contributed by atoms with E-state index in [4.69, 9.17) is 11.0 Å². The minimum absolute atomic E-state index is 0.100. The number of hydrogen-bond donors (Lipinski definition) is 1. The first kappa shape index (κ1) is 12.4. The number of piperidine rings is 1. The molecule has 0 aromatic carbocycles. The van der Waals surface area contributed by atoms with Crippen LogP contribution in [0.1, 0.15) is 25.5 Å². The van der Waals surface area contributed by atoms with Crippen molar-refractivity contribution in [1.29, 1.82) is 5.26 Å². The van der Waals surface area contributed by atoms with Crippen LogP contribution in [-0.4, -0.2) is 23.5 Å². The van der Waals surface area contributed by atoms with Crippen LogP contribution in [0.15, 0.2) is 18.3 Å². The number of hydrogen-bond acceptors (Lipinski definition) is 4. The third kappa shape index (κ3) is 2.43. The molecule has 2 rings (SSSR count). The molecule has 1 amide bonds. The monoisotopic (exact) mass is 244 g/mol. The van der Waals surface area contributed by atoms with E-state index in [-0.39, 0.29) is 11.8 Å². The molecule has 94 valence electrons. The number of aromatic nitrogens is 1. The van der Waals surface area contributed by atoms with Crippen molar-refractivity contribution in [2.24, 2.45) is 11.7 Å². The molecule has 0 radical (unpaired) electrons. The van der Waals surface area contributed by atoms with Gasteiger partial charge in [-0.25, -0.2) is 4.98 Å². The minimum atomic E-state index is -0.242. The molecular weight excluding hydrogens is 228 g/mol. The number of nitriles is 1. The van der Waals surface area contributed by atoms with Crippen molar-refractivity contribution < 1.29 is 4.79 Å². The number of carbonyl (C=O) groups is 1. The highest BCUT2D eigenvalue weighted by Gasteiger charge is 2.28. The highest BCUT2D eigenvalue weighted by atomic mass is 16.1. The molecule has 1 aliphatic heterocycles. The summed E-state index contributed by atoms with van der Waals surface area (Å²) >= 11 is 0. The number of pyridine rings is 1. The van der Waals surface area contributed by atoms with Gasteiger partial charge in [-0.1, -0.05) is 0 Å². The lowest BCUT2D eigenvalue weighted by Gasteiger charge is -2.38. The van der Waals surface area contributed by atoms with Crippen LogP contribution >= 0.6 is 0 Å². The van der Waals surface area contributed by atoms with Crippen LogP contribution in [0.2, 0.25) is 0 Å². The van der Waals surface area contributed by atoms with Gasteiger partial charge in [0.25, 0.3) is 0 Å². The molecule has 5 nitrogen and oxygen atoms in total. The first-order chi connectivity index (χ1) is 8.61. The third-order valence-corrected chi connectivity index (χ3v) is 3.48. The van der Waals surface area contributed by atoms with Crippen molar-refractivity contribution in [3.05, 3.63) is 24.0 Å². The van der Waals surface area contributed by atoms with E-state index >= 15 is 0 Å². The molecule has 2 unspecified atom stereocenters. The molecule has 0 aliphatic carbocycles. The van der Waals surface area contributed by atoms with Gasteiger partial charge in [0.2, 0.25) is 5.91 Å². The molecular formula is C13H16N4O. The summed E-state index contributed by atoms with van der Waals surface area (Å²) in [5.41, 5.74) is 6.71. The number of carbonyl (C=O) groups excluding carboxylic acids is 1. The fraction of sp³-hybridized carbons (Fsp3) is 0.462. The summed E-state index contributed by atoms with van der Waals surface area (Å²) in [7, 11) is 0. The maximum atomic E-state index is 11.3. The quantitative estimate of drug-likeness (QED) is 0.842. The normalized spacial score (nSPS) is 23.4. The fourth-order valence-corrected chi connectivity index (χ4v) is 2.32. The molecule has 1 aromatic heterocycles. The largest absolute Gasteiger partial charge is 0.369 e. The van der Waals surface area contributed by atoms with Crippen LogP contribution in [0.25, 0.3) is 0 Å². The van der Waals surface area contributed by atoms with Gasteiger partial charge in [-0.2, -0.15) is 5.26 Å². The highest BCUT2D eigenvalue weighted by Crippen LogP contribution is 2.27. The molecule has 2 heterocycles. The van der Waals surface area contributed by atoms with E-state index in [1.165, 1.54) is 0 Å². The Morgan fingerprint density at radius 1 is 1.56 bits per heavy atom. The zero-order valence-electron chi connectivity index (χ0n) is 10.3. The average Bonchev–Trinajstić information content (AvgIpc) is 2.39. The zero-order chi connectivity index (χ0) is 13.1. The Morgan fingerprint density at radius 2 is 2.33 bits per heavy atom. The number of primary amides is 1. The van der Waals surface area contributed by atoms with Crippen LogP contribution in [0.4, 0.5) is 5.69 Å². The Morgan fingerprint density at radius 3 is 2.89 bits per heavy atom. The van der Waals surface area contributed by atoms with Crippen LogP contribution in [0.5, 0.6) is 0 Å². The SMILES string of the molecule is CC1CCC(C(N)=O)CN1c1ccc(C#N)nc1. The number of amides is 1. The number of rotatable bonds is 2. The smallest absolute Gasteiger partial charge is 0.222 e. The third-order valence-electron chi connectivity index (χ3n) is 3.48. The van der Waals surface area contributed by atoms with Crippen molar-refractivity contribution in [2.75, 3.05) is 11.4 Å². The van der Waals surface area contributed by atoms with Gasteiger partial charge in [0.05, 0.1) is 17.8 Å². The molecule has 1 saturated heterocycles. The van der Waals surface area contributed by atoms with Gasteiger partial charge in [0.1, 0.15) is 11.8 Å². The van der Waals surface area contributed by atoms with Gasteiger partial charge in [-0.05, 0) is 31.9 Å². The summed E-state index contributed by atoms with van der Waals surface area (Å²) < 4.78 is 0. The topological polar surface area (TPSA) is 83.0 Å². The van der Waals surface area contributed by atoms with Crippen LogP contribution in [0.3, 0.4) is 0 Å². The van der Waals surface area contributed by atoms with Crippen LogP contribution in [0, 0.1) is 17.2 Å². The lowest BCUT2D eigenvalue weighted by molar-refractivity contribution is -0.122. The number of nitrogens with zero attached hydrogens (tertiary/aromatic N) is 3. The van der Waals surface area contributed by atoms with Crippen molar-refractivity contribution in [3.8, 4) is 6.07 Å². The summed E-state index contributed by atoms with van der Waals surface area (Å²) in [6.07, 6.45) is 3.46. The van der Waals surface area contributed by atoms with E-state index in [1.807, 2.05) is 12.1 Å². The van der Waals surface area contributed by atoms with E-state index in [9.17, 15) is 4.79 Å². The molecule has 2 atom stereocenters. The summed E-state index contributed by atoms with van der Waals surface area (Å²) in [4.78, 5) is 17.5. The molecule has 0 bridgehead atoms. The lowest BCUT2D eigenvalue weighted by Crippen LogP contribution is -2.45. The van der Waals surface area contributed by atoms with E-state index in [2.05, 4.69) is 16.8 Å². The second-order valence-corrected chi connectivity index (χ2v) is 4.69. The fourth-order valence-electron chi connectivity index (χ4n) is 2.32. The molecule has 0 saturated carbocycles. The van der Waals surface area contributed by atoms with Gasteiger partial charge in [0, 0.05) is 12.6 Å². The average molecular weight is 244 g/mol. The van der Waals surface area contributed by atoms with E-state index in [0.29, 0.717) is 18.3 Å². The molecule has 1 aromatic rings. The summed E-state index contributed by atoms with van der Waals surface area (Å²) in [5.74, 6) is -0.342. The summed E-state index contributed by atoms with van der Waals surface area (Å²) in [6, 6.07) is 5.91. The maximum absolute atomic E-state index is 11.3. The molecule has 1 aliphatic rings. The minimum Gasteiger partial charge on any atom is -0.369 e. The van der Waals surface area contributed by atoms with Gasteiger partial charge in [-0.15, -0.1) is 0 Å². The van der Waals surface area contributed by atoms with Crippen molar-refractivity contribution in [2.45, 2.75) is 25.8 Å². The Kier molecular flexibility index (Phi) is 3.47. The maximum Gasteiger partial charge on any atom is 0.222 e. The predicted molar refractivity (Wildman–Crippen MR) is 67.7 cm³/mol. The second kappa shape index (κ2) is 5.05. The van der Waals surface area contributed by atoms with E-state index < -0.39 is 0 Å². The predicted octanol–water partition coefficient (Wildman–Crippen LogP) is 1.04. The Labute approximate surface area is 106 Å². The summed E-state index contributed by atoms with van der Waals surface area (Å²) in [5, 5.41) is 8.72. The first-order valence-electron chi connectivity index (χ1n) is 6.04. The van der Waals surface area contributed by atoms with Gasteiger partial charge in [-0.3, -0.25) is 4.79 Å². The first-order valence-corrected chi connectivity index (χ1v) is 6.04. The second-order valence-electron chi connectivity index (χ2n) is 4.69. The van der Waals surface area contributed by atoms with Crippen molar-refractivity contribution in [3.63, 3.8) is 0 Å². The Hall–Kier alpha value is -2.09. The van der Waals surface area contributed by atoms with Gasteiger partial charge < -0.3 is 10.6 Å². The molecule has 18 heavy (non-hydrogen) atoms. The molecule has 2 N–H and O–H groups in total. The van der Waals surface area contributed by atoms with Crippen molar-refractivity contribution >= 4 is 11.6 Å². The van der Waals surface area contributed by atoms with E-state index in [0.717, 1.165) is 18.5 Å². The Bertz CT molecular complexity index is 477. The standard InChI is InChI=1S/C13H16N4O/c1-9-2-3-10(13(15)18)8-17(9)12-5-4-11(6-14)16-7-12/h4-5,7,9-10H,2-3,8H2,1H3,(H2,15,18). The number of nitrogens with two attached hydrogens (primary N) is 1. The van der Waals surface area contributed by atoms with Crippen molar-refractivity contribution in [1.82, 2.24) is 4.98 Å².